The molecule has 0 unspecified atom stereocenters. The Hall–Kier alpha value is -0.810. The van der Waals surface area contributed by atoms with Gasteiger partial charge >= 0.3 is 6.09 Å². The van der Waals surface area contributed by atoms with Gasteiger partial charge < -0.3 is 19.7 Å². The second-order valence-corrected chi connectivity index (χ2v) is 5.85. The molecule has 2 aliphatic rings. The molecule has 2 aliphatic heterocycles. The van der Waals surface area contributed by atoms with Crippen LogP contribution < -0.4 is 5.32 Å². The molecule has 5 heteroatoms. The minimum Gasteiger partial charge on any atom is -0.444 e. The molecule has 2 fully saturated rings. The van der Waals surface area contributed by atoms with Crippen molar-refractivity contribution in [2.75, 3.05) is 32.8 Å². The Morgan fingerprint density at radius 3 is 2.82 bits per heavy atom. The van der Waals surface area contributed by atoms with Crippen LogP contribution in [-0.4, -0.2) is 55.5 Å². The Labute approximate surface area is 102 Å². The summed E-state index contributed by atoms with van der Waals surface area (Å²) in [7, 11) is 0. The summed E-state index contributed by atoms with van der Waals surface area (Å²) in [6, 6.07) is 0.0948. The van der Waals surface area contributed by atoms with E-state index in [4.69, 9.17) is 9.47 Å². The van der Waals surface area contributed by atoms with Crippen LogP contribution in [0.2, 0.25) is 0 Å². The molecule has 2 bridgehead atoms. The van der Waals surface area contributed by atoms with Crippen LogP contribution in [-0.2, 0) is 9.47 Å². The molecule has 0 aliphatic carbocycles. The van der Waals surface area contributed by atoms with Crippen LogP contribution in [0.25, 0.3) is 0 Å². The van der Waals surface area contributed by atoms with Crippen molar-refractivity contribution in [3.05, 3.63) is 0 Å². The molecule has 1 amide bonds. The third kappa shape index (κ3) is 3.33. The van der Waals surface area contributed by atoms with Gasteiger partial charge in [-0.15, -0.1) is 0 Å². The van der Waals surface area contributed by atoms with Crippen molar-refractivity contribution in [3.63, 3.8) is 0 Å². The fourth-order valence-corrected chi connectivity index (χ4v) is 2.23. The van der Waals surface area contributed by atoms with Crippen molar-refractivity contribution in [2.45, 2.75) is 32.4 Å². The van der Waals surface area contributed by atoms with Gasteiger partial charge in [0, 0.05) is 25.6 Å². The number of hydrogen-bond acceptors (Lipinski definition) is 4. The maximum atomic E-state index is 12.1. The number of nitrogens with zero attached hydrogens (tertiary/aromatic N) is 1. The lowest BCUT2D eigenvalue weighted by atomic mass is 10.1. The molecule has 2 atom stereocenters. The number of ether oxygens (including phenoxy) is 2. The summed E-state index contributed by atoms with van der Waals surface area (Å²) in [5.74, 6) is 0.370. The van der Waals surface area contributed by atoms with Gasteiger partial charge in [0.15, 0.2) is 0 Å². The largest absolute Gasteiger partial charge is 0.444 e. The lowest BCUT2D eigenvalue weighted by molar-refractivity contribution is 0.0131. The van der Waals surface area contributed by atoms with E-state index in [1.165, 1.54) is 0 Å². The monoisotopic (exact) mass is 242 g/mol. The smallest absolute Gasteiger partial charge is 0.410 e. The van der Waals surface area contributed by atoms with Crippen molar-refractivity contribution in [1.29, 1.82) is 0 Å². The Morgan fingerprint density at radius 2 is 2.12 bits per heavy atom. The molecular formula is C12H22N2O3. The van der Waals surface area contributed by atoms with E-state index in [1.807, 2.05) is 25.7 Å². The van der Waals surface area contributed by atoms with Crippen LogP contribution in [0, 0.1) is 5.92 Å². The maximum Gasteiger partial charge on any atom is 0.410 e. The van der Waals surface area contributed by atoms with E-state index in [-0.39, 0.29) is 12.1 Å². The van der Waals surface area contributed by atoms with Gasteiger partial charge in [0.05, 0.1) is 19.3 Å². The van der Waals surface area contributed by atoms with E-state index in [2.05, 4.69) is 5.32 Å². The van der Waals surface area contributed by atoms with Gasteiger partial charge in [-0.3, -0.25) is 0 Å². The van der Waals surface area contributed by atoms with Gasteiger partial charge in [-0.1, -0.05) is 0 Å². The predicted molar refractivity (Wildman–Crippen MR) is 63.9 cm³/mol. The van der Waals surface area contributed by atoms with Crippen molar-refractivity contribution < 1.29 is 14.3 Å². The topological polar surface area (TPSA) is 50.8 Å². The zero-order valence-electron chi connectivity index (χ0n) is 10.9. The molecule has 0 aromatic carbocycles. The first-order chi connectivity index (χ1) is 7.96. The standard InChI is InChI=1S/C12H22N2O3/c1-12(2,3)17-11(15)14-6-9-4-13-5-10(14)8-16-7-9/h9-10,13H,4-8H2,1-3H3/t9-,10-/m1/s1. The lowest BCUT2D eigenvalue weighted by Crippen LogP contribution is -2.47. The van der Waals surface area contributed by atoms with Crippen LogP contribution in [0.3, 0.4) is 0 Å². The minimum absolute atomic E-state index is 0.0948. The molecular weight excluding hydrogens is 220 g/mol. The summed E-state index contributed by atoms with van der Waals surface area (Å²) in [5, 5.41) is 3.37. The first kappa shape index (κ1) is 12.6. The molecule has 2 rings (SSSR count). The first-order valence-electron chi connectivity index (χ1n) is 6.24. The van der Waals surface area contributed by atoms with Crippen LogP contribution in [0.1, 0.15) is 20.8 Å². The van der Waals surface area contributed by atoms with E-state index in [0.717, 1.165) is 26.2 Å². The van der Waals surface area contributed by atoms with Gasteiger partial charge in [-0.2, -0.15) is 0 Å². The van der Waals surface area contributed by atoms with E-state index in [9.17, 15) is 4.79 Å². The van der Waals surface area contributed by atoms with E-state index < -0.39 is 5.60 Å². The second kappa shape index (κ2) is 4.82. The summed E-state index contributed by atoms with van der Waals surface area (Å²) in [6.45, 7) is 9.43. The number of carbonyl (C=O) groups excluding carboxylic acids is 1. The predicted octanol–water partition coefficient (Wildman–Crippen LogP) is 0.842. The maximum absolute atomic E-state index is 12.1. The summed E-state index contributed by atoms with van der Waals surface area (Å²) < 4.78 is 11.0. The highest BCUT2D eigenvalue weighted by atomic mass is 16.6. The number of carbonyl (C=O) groups is 1. The molecule has 1 N–H and O–H groups in total. The Bertz CT molecular complexity index is 278. The van der Waals surface area contributed by atoms with E-state index >= 15 is 0 Å². The van der Waals surface area contributed by atoms with Crippen molar-refractivity contribution in [3.8, 4) is 0 Å². The van der Waals surface area contributed by atoms with Crippen LogP contribution in [0.4, 0.5) is 4.79 Å². The molecule has 5 nitrogen and oxygen atoms in total. The summed E-state index contributed by atoms with van der Waals surface area (Å²) in [4.78, 5) is 14.0. The summed E-state index contributed by atoms with van der Waals surface area (Å²) in [5.41, 5.74) is -0.439. The third-order valence-corrected chi connectivity index (χ3v) is 3.00. The minimum atomic E-state index is -0.439. The summed E-state index contributed by atoms with van der Waals surface area (Å²) in [6.07, 6.45) is -0.221. The molecule has 0 radical (unpaired) electrons. The normalized spacial score (nSPS) is 29.7. The molecule has 17 heavy (non-hydrogen) atoms. The SMILES string of the molecule is CC(C)(C)OC(=O)N1C[C@H]2CNC[C@@H]1COC2. The van der Waals surface area contributed by atoms with Crippen molar-refractivity contribution >= 4 is 6.09 Å². The molecule has 0 spiro atoms. The zero-order valence-corrected chi connectivity index (χ0v) is 10.9. The molecule has 0 aromatic rings. The van der Waals surface area contributed by atoms with Gasteiger partial charge in [-0.25, -0.2) is 4.79 Å². The van der Waals surface area contributed by atoms with Crippen LogP contribution in [0.5, 0.6) is 0 Å². The van der Waals surface area contributed by atoms with Crippen molar-refractivity contribution in [1.82, 2.24) is 10.2 Å². The van der Waals surface area contributed by atoms with Crippen LogP contribution >= 0.6 is 0 Å². The highest BCUT2D eigenvalue weighted by Crippen LogP contribution is 2.18. The quantitative estimate of drug-likeness (QED) is 0.684. The average molecular weight is 242 g/mol. The number of fused-ring (bicyclic) bond motifs is 3. The molecule has 2 heterocycles. The molecule has 0 saturated carbocycles. The fraction of sp³-hybridized carbons (Fsp3) is 0.917. The number of nitrogens with one attached hydrogen (secondary N) is 1. The van der Waals surface area contributed by atoms with E-state index in [1.54, 1.807) is 0 Å². The number of amides is 1. The Morgan fingerprint density at radius 1 is 1.35 bits per heavy atom. The van der Waals surface area contributed by atoms with Crippen molar-refractivity contribution in [2.24, 2.45) is 5.92 Å². The first-order valence-corrected chi connectivity index (χ1v) is 6.24. The van der Waals surface area contributed by atoms with Gasteiger partial charge in [0.25, 0.3) is 0 Å². The number of rotatable bonds is 0. The second-order valence-electron chi connectivity index (χ2n) is 5.85. The van der Waals surface area contributed by atoms with Gasteiger partial charge in [0.1, 0.15) is 5.60 Å². The average Bonchev–Trinajstić information content (AvgIpc) is 2.44. The Kier molecular flexibility index (Phi) is 3.58. The molecule has 0 aromatic heterocycles. The highest BCUT2D eigenvalue weighted by Gasteiger charge is 2.34. The highest BCUT2D eigenvalue weighted by molar-refractivity contribution is 5.68. The Balaban J connectivity index is 2.06. The van der Waals surface area contributed by atoms with Gasteiger partial charge in [-0.05, 0) is 20.8 Å². The van der Waals surface area contributed by atoms with Crippen LogP contribution in [0.15, 0.2) is 0 Å². The molecule has 2 saturated heterocycles. The van der Waals surface area contributed by atoms with E-state index in [0.29, 0.717) is 12.5 Å². The van der Waals surface area contributed by atoms with Gasteiger partial charge in [0.2, 0.25) is 0 Å². The lowest BCUT2D eigenvalue weighted by Gasteiger charge is -2.30. The summed E-state index contributed by atoms with van der Waals surface area (Å²) >= 11 is 0. The zero-order chi connectivity index (χ0) is 12.5. The molecule has 98 valence electrons. The third-order valence-electron chi connectivity index (χ3n) is 3.00. The fourth-order valence-electron chi connectivity index (χ4n) is 2.23. The number of hydrogen-bond donors (Lipinski definition) is 1.